The molecule has 2 aromatic carbocycles. The van der Waals surface area contributed by atoms with E-state index < -0.39 is 42.6 Å². The number of amides is 2. The van der Waals surface area contributed by atoms with E-state index in [-0.39, 0.29) is 41.3 Å². The van der Waals surface area contributed by atoms with Crippen LogP contribution in [0, 0.1) is 17.8 Å². The van der Waals surface area contributed by atoms with E-state index in [1.54, 1.807) is 25.1 Å². The van der Waals surface area contributed by atoms with Gasteiger partial charge in [-0.15, -0.1) is 0 Å². The molecule has 1 saturated heterocycles. The van der Waals surface area contributed by atoms with Crippen molar-refractivity contribution in [1.82, 2.24) is 0 Å². The number of ketones is 2. The number of aromatic hydroxyl groups is 1. The topological polar surface area (TPSA) is 141 Å². The standard InChI is InChI=1S/C30H26BNO8/c1-14-10-23(34)22-13-21-18(25(27(22)28(14)35)19-7-6-17(33)12-24(19)40-2)8-9-20-26(21)30(37)32(29(20)36)16-5-3-4-15(11-16)31(38)39/h3-8,10-12,20-21,25-26,33,38-39H,9,13H2,1-2H3. The van der Waals surface area contributed by atoms with E-state index in [0.717, 1.165) is 10.5 Å². The number of anilines is 1. The van der Waals surface area contributed by atoms with E-state index in [1.807, 2.05) is 6.08 Å². The van der Waals surface area contributed by atoms with Crippen LogP contribution in [0.5, 0.6) is 11.5 Å². The number of carbonyl (C=O) groups is 4. The Hall–Kier alpha value is -4.28. The maximum atomic E-state index is 14.0. The molecule has 4 atom stereocenters. The highest BCUT2D eigenvalue weighted by molar-refractivity contribution is 6.58. The SMILES string of the molecule is COc1cc(O)ccc1C1C2=CCC3C(=O)N(c4cccc(B(O)O)c4)C(=O)C3C2CC2=C1C(=O)C(C)=CC2=O. The Morgan fingerprint density at radius 2 is 1.77 bits per heavy atom. The number of hydrogen-bond acceptors (Lipinski definition) is 8. The largest absolute Gasteiger partial charge is 0.508 e. The summed E-state index contributed by atoms with van der Waals surface area (Å²) in [7, 11) is -0.313. The van der Waals surface area contributed by atoms with Crippen molar-refractivity contribution in [2.24, 2.45) is 17.8 Å². The molecule has 4 unspecified atom stereocenters. The van der Waals surface area contributed by atoms with Crippen molar-refractivity contribution in [2.45, 2.75) is 25.7 Å². The third-order valence-corrected chi connectivity index (χ3v) is 8.52. The molecule has 0 saturated carbocycles. The van der Waals surface area contributed by atoms with Crippen LogP contribution < -0.4 is 15.1 Å². The first kappa shape index (κ1) is 26.0. The molecule has 0 spiro atoms. The van der Waals surface area contributed by atoms with E-state index in [1.165, 1.54) is 37.5 Å². The van der Waals surface area contributed by atoms with Crippen LogP contribution in [0.25, 0.3) is 0 Å². The summed E-state index contributed by atoms with van der Waals surface area (Å²) in [5, 5.41) is 29.3. The van der Waals surface area contributed by atoms with Gasteiger partial charge in [-0.2, -0.15) is 0 Å². The molecule has 1 heterocycles. The van der Waals surface area contributed by atoms with Crippen LogP contribution in [-0.2, 0) is 19.2 Å². The Morgan fingerprint density at radius 1 is 1.00 bits per heavy atom. The first-order valence-electron chi connectivity index (χ1n) is 13.0. The van der Waals surface area contributed by atoms with Crippen LogP contribution in [0.2, 0.25) is 0 Å². The molecule has 1 fully saturated rings. The third kappa shape index (κ3) is 3.78. The fraction of sp³-hybridized carbons (Fsp3) is 0.267. The maximum Gasteiger partial charge on any atom is 0.488 e. The molecule has 1 aliphatic heterocycles. The van der Waals surface area contributed by atoms with E-state index in [4.69, 9.17) is 4.74 Å². The predicted octanol–water partition coefficient (Wildman–Crippen LogP) is 1.71. The van der Waals surface area contributed by atoms with Crippen molar-refractivity contribution in [3.63, 3.8) is 0 Å². The average molecular weight is 539 g/mol. The summed E-state index contributed by atoms with van der Waals surface area (Å²) < 4.78 is 5.57. The lowest BCUT2D eigenvalue weighted by molar-refractivity contribution is -0.123. The summed E-state index contributed by atoms with van der Waals surface area (Å²) in [6.45, 7) is 1.60. The van der Waals surface area contributed by atoms with Gasteiger partial charge in [-0.1, -0.05) is 29.8 Å². The zero-order valence-electron chi connectivity index (χ0n) is 21.8. The Balaban J connectivity index is 1.49. The van der Waals surface area contributed by atoms with Gasteiger partial charge in [-0.25, -0.2) is 0 Å². The lowest BCUT2D eigenvalue weighted by Gasteiger charge is -2.42. The summed E-state index contributed by atoms with van der Waals surface area (Å²) in [4.78, 5) is 55.5. The molecule has 0 aromatic heterocycles. The number of fused-ring (bicyclic) bond motifs is 3. The van der Waals surface area contributed by atoms with Gasteiger partial charge in [-0.3, -0.25) is 24.1 Å². The quantitative estimate of drug-likeness (QED) is 0.231. The highest BCUT2D eigenvalue weighted by Gasteiger charge is 2.57. The van der Waals surface area contributed by atoms with Gasteiger partial charge in [0.25, 0.3) is 0 Å². The number of hydrogen-bond donors (Lipinski definition) is 3. The molecule has 4 aliphatic rings. The summed E-state index contributed by atoms with van der Waals surface area (Å²) in [6, 6.07) is 10.6. The molecule has 6 rings (SSSR count). The monoisotopic (exact) mass is 539 g/mol. The number of nitrogens with zero attached hydrogens (tertiary/aromatic N) is 1. The van der Waals surface area contributed by atoms with Crippen molar-refractivity contribution in [1.29, 1.82) is 0 Å². The molecule has 202 valence electrons. The number of rotatable bonds is 4. The van der Waals surface area contributed by atoms with Crippen LogP contribution in [0.15, 0.2) is 76.9 Å². The Morgan fingerprint density at radius 3 is 2.50 bits per heavy atom. The summed E-state index contributed by atoms with van der Waals surface area (Å²) in [5.74, 6) is -3.74. The van der Waals surface area contributed by atoms with E-state index in [9.17, 15) is 34.3 Å². The predicted molar refractivity (Wildman–Crippen MR) is 145 cm³/mol. The molecule has 3 N–H and O–H groups in total. The van der Waals surface area contributed by atoms with Crippen LogP contribution in [-0.4, -0.2) is 52.8 Å². The second kappa shape index (κ2) is 9.43. The van der Waals surface area contributed by atoms with Gasteiger partial charge in [0.05, 0.1) is 24.6 Å². The number of imide groups is 1. The van der Waals surface area contributed by atoms with Crippen molar-refractivity contribution in [3.8, 4) is 11.5 Å². The van der Waals surface area contributed by atoms with Crippen molar-refractivity contribution in [3.05, 3.63) is 82.5 Å². The Bertz CT molecular complexity index is 1600. The fourth-order valence-corrected chi connectivity index (χ4v) is 6.73. The number of methoxy groups -OCH3 is 1. The smallest absolute Gasteiger partial charge is 0.488 e. The highest BCUT2D eigenvalue weighted by atomic mass is 16.5. The molecule has 2 aromatic rings. The minimum Gasteiger partial charge on any atom is -0.508 e. The van der Waals surface area contributed by atoms with Gasteiger partial charge >= 0.3 is 7.12 Å². The van der Waals surface area contributed by atoms with Crippen molar-refractivity contribution < 1.29 is 39.1 Å². The van der Waals surface area contributed by atoms with Gasteiger partial charge < -0.3 is 19.9 Å². The van der Waals surface area contributed by atoms with Crippen LogP contribution in [0.3, 0.4) is 0 Å². The summed E-state index contributed by atoms with van der Waals surface area (Å²) in [6.07, 6.45) is 3.62. The number of carbonyl (C=O) groups excluding carboxylic acids is 4. The maximum absolute atomic E-state index is 14.0. The van der Waals surface area contributed by atoms with E-state index in [0.29, 0.717) is 28.0 Å². The highest BCUT2D eigenvalue weighted by Crippen LogP contribution is 2.56. The van der Waals surface area contributed by atoms with Gasteiger partial charge in [-0.05, 0) is 55.4 Å². The number of phenolic OH excluding ortho intramolecular Hbond substituents is 1. The molecule has 2 amide bonds. The van der Waals surface area contributed by atoms with Crippen molar-refractivity contribution >= 4 is 41.6 Å². The Labute approximate surface area is 230 Å². The zero-order chi connectivity index (χ0) is 28.5. The lowest BCUT2D eigenvalue weighted by atomic mass is 9.59. The molecule has 0 radical (unpaired) electrons. The van der Waals surface area contributed by atoms with Crippen LogP contribution in [0.1, 0.15) is 31.2 Å². The average Bonchev–Trinajstić information content (AvgIpc) is 3.20. The minimum absolute atomic E-state index is 0.0237. The molecule has 10 heteroatoms. The molecule has 3 aliphatic carbocycles. The second-order valence-electron chi connectivity index (χ2n) is 10.6. The van der Waals surface area contributed by atoms with Crippen LogP contribution in [0.4, 0.5) is 5.69 Å². The molecular weight excluding hydrogens is 513 g/mol. The number of ether oxygens (including phenoxy) is 1. The first-order chi connectivity index (χ1) is 19.1. The molecular formula is C30H26BNO8. The number of phenols is 1. The molecule has 9 nitrogen and oxygen atoms in total. The summed E-state index contributed by atoms with van der Waals surface area (Å²) in [5.41, 5.74) is 2.72. The van der Waals surface area contributed by atoms with Gasteiger partial charge in [0, 0.05) is 34.3 Å². The zero-order valence-corrected chi connectivity index (χ0v) is 21.8. The van der Waals surface area contributed by atoms with Gasteiger partial charge in [0.2, 0.25) is 11.8 Å². The number of Topliss-reactive ketones (excluding diaryl/α,β-unsaturated/α-hetero) is 1. The minimum atomic E-state index is -1.76. The fourth-order valence-electron chi connectivity index (χ4n) is 6.73. The van der Waals surface area contributed by atoms with Gasteiger partial charge in [0.1, 0.15) is 11.5 Å². The van der Waals surface area contributed by atoms with E-state index >= 15 is 0 Å². The molecule has 40 heavy (non-hydrogen) atoms. The van der Waals surface area contributed by atoms with Crippen molar-refractivity contribution in [2.75, 3.05) is 12.0 Å². The van der Waals surface area contributed by atoms with Crippen LogP contribution >= 0.6 is 0 Å². The molecule has 0 bridgehead atoms. The number of allylic oxidation sites excluding steroid dienone is 6. The second-order valence-corrected chi connectivity index (χ2v) is 10.6. The van der Waals surface area contributed by atoms with Gasteiger partial charge in [0.15, 0.2) is 11.6 Å². The van der Waals surface area contributed by atoms with E-state index in [2.05, 4.69) is 0 Å². The summed E-state index contributed by atoms with van der Waals surface area (Å²) >= 11 is 0. The Kier molecular flexibility index (Phi) is 6.12. The number of benzene rings is 2. The third-order valence-electron chi connectivity index (χ3n) is 8.52. The lowest BCUT2D eigenvalue weighted by Crippen LogP contribution is -2.40. The first-order valence-corrected chi connectivity index (χ1v) is 13.0. The normalized spacial score (nSPS) is 25.8.